The fraction of sp³-hybridized carbons (Fsp3) is 0.500. The zero-order valence-corrected chi connectivity index (χ0v) is 12.4. The number of nitrogens with zero attached hydrogens (tertiary/aromatic N) is 3. The second kappa shape index (κ2) is 6.72. The summed E-state index contributed by atoms with van der Waals surface area (Å²) in [5, 5.41) is 3.72. The molecule has 3 rings (SSSR count). The highest BCUT2D eigenvalue weighted by atomic mass is 16.3. The number of anilines is 1. The zero-order valence-electron chi connectivity index (χ0n) is 12.4. The third-order valence-electron chi connectivity index (χ3n) is 3.99. The van der Waals surface area contributed by atoms with E-state index in [-0.39, 0.29) is 6.04 Å². The van der Waals surface area contributed by atoms with E-state index in [4.69, 9.17) is 4.42 Å². The quantitative estimate of drug-likeness (QED) is 0.916. The molecule has 0 bridgehead atoms. The lowest BCUT2D eigenvalue weighted by Gasteiger charge is -2.34. The molecule has 3 heterocycles. The van der Waals surface area contributed by atoms with Crippen molar-refractivity contribution in [1.82, 2.24) is 15.3 Å². The molecule has 2 unspecified atom stereocenters. The maximum Gasteiger partial charge on any atom is 0.225 e. The second-order valence-corrected chi connectivity index (χ2v) is 5.48. The van der Waals surface area contributed by atoms with Crippen LogP contribution in [0.5, 0.6) is 0 Å². The van der Waals surface area contributed by atoms with Crippen molar-refractivity contribution in [3.8, 4) is 0 Å². The average Bonchev–Trinajstić information content (AvgIpc) is 3.08. The zero-order chi connectivity index (χ0) is 14.5. The minimum atomic E-state index is 0.279. The van der Waals surface area contributed by atoms with Gasteiger partial charge in [0.2, 0.25) is 5.95 Å². The summed E-state index contributed by atoms with van der Waals surface area (Å²) >= 11 is 0. The first-order valence-corrected chi connectivity index (χ1v) is 7.68. The van der Waals surface area contributed by atoms with E-state index < -0.39 is 0 Å². The Labute approximate surface area is 125 Å². The summed E-state index contributed by atoms with van der Waals surface area (Å²) < 4.78 is 5.54. The SMILES string of the molecule is CCC(NC1CCCN(c2ncccn2)C1)c1ccco1. The molecule has 112 valence electrons. The highest BCUT2D eigenvalue weighted by Gasteiger charge is 2.24. The summed E-state index contributed by atoms with van der Waals surface area (Å²) in [6.45, 7) is 4.15. The number of piperidine rings is 1. The predicted octanol–water partition coefficient (Wildman–Crippen LogP) is 2.78. The van der Waals surface area contributed by atoms with Crippen molar-refractivity contribution in [1.29, 1.82) is 0 Å². The van der Waals surface area contributed by atoms with Crippen LogP contribution < -0.4 is 10.2 Å². The molecule has 1 fully saturated rings. The van der Waals surface area contributed by atoms with Gasteiger partial charge in [-0.2, -0.15) is 0 Å². The van der Waals surface area contributed by atoms with Crippen LogP contribution in [0.2, 0.25) is 0 Å². The van der Waals surface area contributed by atoms with Crippen molar-refractivity contribution in [3.05, 3.63) is 42.6 Å². The lowest BCUT2D eigenvalue weighted by Crippen LogP contribution is -2.47. The highest BCUT2D eigenvalue weighted by Crippen LogP contribution is 2.21. The molecule has 21 heavy (non-hydrogen) atoms. The number of hydrogen-bond acceptors (Lipinski definition) is 5. The van der Waals surface area contributed by atoms with Crippen LogP contribution in [-0.2, 0) is 0 Å². The van der Waals surface area contributed by atoms with Crippen molar-refractivity contribution in [3.63, 3.8) is 0 Å². The van der Waals surface area contributed by atoms with Gasteiger partial charge in [-0.15, -0.1) is 0 Å². The second-order valence-electron chi connectivity index (χ2n) is 5.48. The standard InChI is InChI=1S/C16H22N4O/c1-2-14(15-7-4-11-21-15)19-13-6-3-10-20(12-13)16-17-8-5-9-18-16/h4-5,7-9,11,13-14,19H,2-3,6,10,12H2,1H3. The minimum Gasteiger partial charge on any atom is -0.468 e. The van der Waals surface area contributed by atoms with Gasteiger partial charge in [0.25, 0.3) is 0 Å². The van der Waals surface area contributed by atoms with E-state index in [9.17, 15) is 0 Å². The van der Waals surface area contributed by atoms with E-state index in [0.29, 0.717) is 6.04 Å². The number of hydrogen-bond donors (Lipinski definition) is 1. The van der Waals surface area contributed by atoms with Gasteiger partial charge in [-0.05, 0) is 37.5 Å². The summed E-state index contributed by atoms with van der Waals surface area (Å²) in [4.78, 5) is 11.0. The molecule has 0 saturated carbocycles. The van der Waals surface area contributed by atoms with Gasteiger partial charge in [-0.3, -0.25) is 0 Å². The monoisotopic (exact) mass is 286 g/mol. The molecule has 1 aliphatic rings. The molecule has 2 atom stereocenters. The number of furan rings is 1. The third kappa shape index (κ3) is 3.42. The van der Waals surface area contributed by atoms with Gasteiger partial charge in [0.05, 0.1) is 12.3 Å². The van der Waals surface area contributed by atoms with Gasteiger partial charge in [0.15, 0.2) is 0 Å². The van der Waals surface area contributed by atoms with Crippen LogP contribution in [0.25, 0.3) is 0 Å². The first-order valence-electron chi connectivity index (χ1n) is 7.68. The molecule has 5 heteroatoms. The Bertz CT molecular complexity index is 528. The number of aromatic nitrogens is 2. The van der Waals surface area contributed by atoms with Gasteiger partial charge in [-0.1, -0.05) is 6.92 Å². The molecule has 0 aromatic carbocycles. The van der Waals surface area contributed by atoms with E-state index >= 15 is 0 Å². The van der Waals surface area contributed by atoms with E-state index in [1.54, 1.807) is 18.7 Å². The molecular formula is C16H22N4O. The Morgan fingerprint density at radius 1 is 1.38 bits per heavy atom. The summed E-state index contributed by atoms with van der Waals surface area (Å²) in [5.74, 6) is 1.85. The molecule has 1 saturated heterocycles. The van der Waals surface area contributed by atoms with Gasteiger partial charge >= 0.3 is 0 Å². The van der Waals surface area contributed by atoms with Gasteiger partial charge in [0.1, 0.15) is 5.76 Å². The van der Waals surface area contributed by atoms with Crippen molar-refractivity contribution in [2.75, 3.05) is 18.0 Å². The van der Waals surface area contributed by atoms with Crippen LogP contribution in [0.15, 0.2) is 41.3 Å². The fourth-order valence-electron chi connectivity index (χ4n) is 2.92. The Hall–Kier alpha value is -1.88. The van der Waals surface area contributed by atoms with Crippen molar-refractivity contribution >= 4 is 5.95 Å². The van der Waals surface area contributed by atoms with Crippen LogP contribution in [0, 0.1) is 0 Å². The largest absolute Gasteiger partial charge is 0.468 e. The minimum absolute atomic E-state index is 0.279. The van der Waals surface area contributed by atoms with Crippen LogP contribution in [-0.4, -0.2) is 29.1 Å². The lowest BCUT2D eigenvalue weighted by atomic mass is 10.0. The fourth-order valence-corrected chi connectivity index (χ4v) is 2.92. The van der Waals surface area contributed by atoms with E-state index in [2.05, 4.69) is 27.1 Å². The Morgan fingerprint density at radius 2 is 2.24 bits per heavy atom. The summed E-state index contributed by atoms with van der Waals surface area (Å²) in [7, 11) is 0. The maximum absolute atomic E-state index is 5.54. The number of rotatable bonds is 5. The number of nitrogens with one attached hydrogen (secondary N) is 1. The molecule has 0 aliphatic carbocycles. The topological polar surface area (TPSA) is 54.2 Å². The van der Waals surface area contributed by atoms with Crippen molar-refractivity contribution in [2.45, 2.75) is 38.3 Å². The first kappa shape index (κ1) is 14.1. The van der Waals surface area contributed by atoms with E-state index in [1.165, 1.54) is 6.42 Å². The van der Waals surface area contributed by atoms with Gasteiger partial charge in [0, 0.05) is 31.5 Å². The van der Waals surface area contributed by atoms with Gasteiger partial charge < -0.3 is 14.6 Å². The van der Waals surface area contributed by atoms with Crippen LogP contribution >= 0.6 is 0 Å². The van der Waals surface area contributed by atoms with Gasteiger partial charge in [-0.25, -0.2) is 9.97 Å². The molecule has 0 amide bonds. The molecule has 2 aromatic rings. The third-order valence-corrected chi connectivity index (χ3v) is 3.99. The van der Waals surface area contributed by atoms with E-state index in [0.717, 1.165) is 37.6 Å². The van der Waals surface area contributed by atoms with Crippen LogP contribution in [0.1, 0.15) is 38.0 Å². The van der Waals surface area contributed by atoms with Crippen molar-refractivity contribution < 1.29 is 4.42 Å². The maximum atomic E-state index is 5.54. The molecule has 1 N–H and O–H groups in total. The Morgan fingerprint density at radius 3 is 2.95 bits per heavy atom. The Kier molecular flexibility index (Phi) is 4.50. The first-order chi connectivity index (χ1) is 10.4. The van der Waals surface area contributed by atoms with Crippen molar-refractivity contribution in [2.24, 2.45) is 0 Å². The molecule has 5 nitrogen and oxygen atoms in total. The molecule has 1 aliphatic heterocycles. The van der Waals surface area contributed by atoms with E-state index in [1.807, 2.05) is 18.2 Å². The molecular weight excluding hydrogens is 264 g/mol. The summed E-state index contributed by atoms with van der Waals surface area (Å²) in [6, 6.07) is 6.57. The summed E-state index contributed by atoms with van der Waals surface area (Å²) in [5.41, 5.74) is 0. The van der Waals surface area contributed by atoms with Crippen LogP contribution in [0.3, 0.4) is 0 Å². The highest BCUT2D eigenvalue weighted by molar-refractivity contribution is 5.29. The Balaban J connectivity index is 1.63. The molecule has 0 spiro atoms. The smallest absolute Gasteiger partial charge is 0.225 e. The normalized spacial score (nSPS) is 20.4. The summed E-state index contributed by atoms with van der Waals surface area (Å²) in [6.07, 6.45) is 8.70. The predicted molar refractivity (Wildman–Crippen MR) is 82.1 cm³/mol. The lowest BCUT2D eigenvalue weighted by molar-refractivity contribution is 0.333. The molecule has 2 aromatic heterocycles. The average molecular weight is 286 g/mol. The van der Waals surface area contributed by atoms with Crippen LogP contribution in [0.4, 0.5) is 5.95 Å². The molecule has 0 radical (unpaired) electrons.